The van der Waals surface area contributed by atoms with Gasteiger partial charge in [0.25, 0.3) is 5.56 Å². The Morgan fingerprint density at radius 2 is 2.05 bits per heavy atom. The number of benzene rings is 1. The van der Waals surface area contributed by atoms with Crippen LogP contribution in [0.5, 0.6) is 0 Å². The van der Waals surface area contributed by atoms with E-state index in [4.69, 9.17) is 4.74 Å². The number of halogens is 1. The van der Waals surface area contributed by atoms with Crippen molar-refractivity contribution in [2.45, 2.75) is 34.4 Å². The van der Waals surface area contributed by atoms with Gasteiger partial charge in [0, 0.05) is 6.07 Å². The first kappa shape index (κ1) is 15.2. The fourth-order valence-electron chi connectivity index (χ4n) is 1.72. The highest BCUT2D eigenvalue weighted by molar-refractivity contribution is 5.78. The summed E-state index contributed by atoms with van der Waals surface area (Å²) in [5, 5.41) is 0.295. The van der Waals surface area contributed by atoms with E-state index in [2.05, 4.69) is 4.98 Å². The molecule has 2 aromatic rings. The van der Waals surface area contributed by atoms with Crippen molar-refractivity contribution in [3.8, 4) is 0 Å². The fraction of sp³-hybridized carbons (Fsp3) is 0.400. The van der Waals surface area contributed by atoms with Gasteiger partial charge < -0.3 is 4.74 Å². The maximum atomic E-state index is 13.4. The number of nitrogens with zero attached hydrogens (tertiary/aromatic N) is 2. The molecule has 1 heterocycles. The summed E-state index contributed by atoms with van der Waals surface area (Å²) in [6.45, 7) is 6.54. The van der Waals surface area contributed by atoms with Crippen LogP contribution in [0.3, 0.4) is 0 Å². The van der Waals surface area contributed by atoms with E-state index < -0.39 is 17.2 Å². The van der Waals surface area contributed by atoms with Crippen molar-refractivity contribution < 1.29 is 13.9 Å². The van der Waals surface area contributed by atoms with E-state index in [-0.39, 0.29) is 17.8 Å². The predicted octanol–water partition coefficient (Wildman–Crippen LogP) is 2.39. The Morgan fingerprint density at radius 3 is 2.67 bits per heavy atom. The summed E-state index contributed by atoms with van der Waals surface area (Å²) < 4.78 is 19.7. The second-order valence-electron chi connectivity index (χ2n) is 5.95. The Hall–Kier alpha value is -2.24. The van der Waals surface area contributed by atoms with Gasteiger partial charge in [-0.15, -0.1) is 0 Å². The lowest BCUT2D eigenvalue weighted by Gasteiger charge is -2.17. The molecule has 21 heavy (non-hydrogen) atoms. The largest absolute Gasteiger partial charge is 0.443 e. The van der Waals surface area contributed by atoms with E-state index in [1.54, 1.807) is 27.7 Å². The smallest absolute Gasteiger partial charge is 0.312 e. The second-order valence-corrected chi connectivity index (χ2v) is 5.95. The van der Waals surface area contributed by atoms with Gasteiger partial charge in [0.05, 0.1) is 16.3 Å². The third-order valence-corrected chi connectivity index (χ3v) is 3.05. The van der Waals surface area contributed by atoms with Gasteiger partial charge in [0.2, 0.25) is 0 Å². The summed E-state index contributed by atoms with van der Waals surface area (Å²) in [6.07, 6.45) is 1.25. The summed E-state index contributed by atoms with van der Waals surface area (Å²) in [6, 6.07) is 2.67. The molecule has 0 aliphatic heterocycles. The van der Waals surface area contributed by atoms with Gasteiger partial charge in [-0.05, 0) is 39.3 Å². The molecule has 0 fully saturated rings. The van der Waals surface area contributed by atoms with E-state index in [0.717, 1.165) is 0 Å². The Bertz CT molecular complexity index is 760. The summed E-state index contributed by atoms with van der Waals surface area (Å²) >= 11 is 0. The first-order valence-electron chi connectivity index (χ1n) is 6.52. The third-order valence-electron chi connectivity index (χ3n) is 3.05. The van der Waals surface area contributed by atoms with E-state index in [1.165, 1.54) is 23.0 Å². The minimum Gasteiger partial charge on any atom is -0.443 e. The molecule has 0 unspecified atom stereocenters. The third kappa shape index (κ3) is 3.09. The molecule has 112 valence electrons. The molecule has 0 atom stereocenters. The van der Waals surface area contributed by atoms with Crippen LogP contribution in [0.2, 0.25) is 0 Å². The van der Waals surface area contributed by atoms with Crippen molar-refractivity contribution in [2.24, 2.45) is 5.41 Å². The van der Waals surface area contributed by atoms with Crippen LogP contribution in [-0.4, -0.2) is 15.5 Å². The van der Waals surface area contributed by atoms with Crippen molar-refractivity contribution in [3.05, 3.63) is 40.2 Å². The molecule has 6 heteroatoms. The number of esters is 1. The minimum absolute atomic E-state index is 0.214. The molecule has 0 N–H and O–H groups in total. The van der Waals surface area contributed by atoms with Crippen molar-refractivity contribution >= 4 is 16.9 Å². The molecule has 0 radical (unpaired) electrons. The second kappa shape index (κ2) is 5.27. The summed E-state index contributed by atoms with van der Waals surface area (Å²) in [5.74, 6) is -0.823. The highest BCUT2D eigenvalue weighted by Gasteiger charge is 2.23. The zero-order valence-electron chi connectivity index (χ0n) is 12.4. The maximum absolute atomic E-state index is 13.4. The lowest BCUT2D eigenvalue weighted by atomic mass is 9.98. The lowest BCUT2D eigenvalue weighted by Crippen LogP contribution is -2.28. The number of hydrogen-bond donors (Lipinski definition) is 0. The van der Waals surface area contributed by atoms with Gasteiger partial charge in [0.15, 0.2) is 6.73 Å². The molecule has 0 bridgehead atoms. The average molecular weight is 292 g/mol. The number of carbonyl (C=O) groups excluding carboxylic acids is 1. The molecule has 1 aromatic heterocycles. The topological polar surface area (TPSA) is 61.2 Å². The normalized spacial score (nSPS) is 11.7. The van der Waals surface area contributed by atoms with E-state index >= 15 is 0 Å². The van der Waals surface area contributed by atoms with Crippen LogP contribution >= 0.6 is 0 Å². The van der Waals surface area contributed by atoms with Crippen LogP contribution in [0.4, 0.5) is 4.39 Å². The predicted molar refractivity (Wildman–Crippen MR) is 76.2 cm³/mol. The Kier molecular flexibility index (Phi) is 3.80. The first-order chi connectivity index (χ1) is 9.70. The lowest BCUT2D eigenvalue weighted by molar-refractivity contribution is -0.157. The number of aromatic nitrogens is 2. The van der Waals surface area contributed by atoms with Crippen molar-refractivity contribution in [1.82, 2.24) is 9.55 Å². The Labute approximate surface area is 121 Å². The van der Waals surface area contributed by atoms with Crippen LogP contribution in [-0.2, 0) is 16.3 Å². The zero-order valence-corrected chi connectivity index (χ0v) is 12.4. The fourth-order valence-corrected chi connectivity index (χ4v) is 1.72. The number of carbonyl (C=O) groups is 1. The monoisotopic (exact) mass is 292 g/mol. The molecule has 5 nitrogen and oxygen atoms in total. The van der Waals surface area contributed by atoms with Crippen molar-refractivity contribution in [2.75, 3.05) is 0 Å². The highest BCUT2D eigenvalue weighted by atomic mass is 19.1. The van der Waals surface area contributed by atoms with Gasteiger partial charge in [-0.25, -0.2) is 9.37 Å². The summed E-state index contributed by atoms with van der Waals surface area (Å²) in [5.41, 5.74) is -0.370. The molecule has 0 saturated carbocycles. The van der Waals surface area contributed by atoms with Gasteiger partial charge in [-0.2, -0.15) is 0 Å². The van der Waals surface area contributed by atoms with Crippen LogP contribution in [0, 0.1) is 18.2 Å². The van der Waals surface area contributed by atoms with Gasteiger partial charge in [-0.1, -0.05) is 0 Å². The van der Waals surface area contributed by atoms with Crippen LogP contribution in [0.15, 0.2) is 23.3 Å². The molecule has 0 aliphatic carbocycles. The number of aryl methyl sites for hydroxylation is 1. The molecular formula is C15H17FN2O3. The van der Waals surface area contributed by atoms with Gasteiger partial charge in [0.1, 0.15) is 12.1 Å². The first-order valence-corrected chi connectivity index (χ1v) is 6.52. The number of hydrogen-bond acceptors (Lipinski definition) is 4. The molecule has 2 rings (SSSR count). The number of ether oxygens (including phenoxy) is 1. The molecule has 0 amide bonds. The van der Waals surface area contributed by atoms with Crippen molar-refractivity contribution in [3.63, 3.8) is 0 Å². The standard InChI is InChI=1S/C15H17FN2O3/c1-9-5-10-12(6-11(9)16)17-7-18(13(10)19)8-21-14(20)15(2,3)4/h5-7H,8H2,1-4H3. The van der Waals surface area contributed by atoms with Gasteiger partial charge >= 0.3 is 5.97 Å². The minimum atomic E-state index is -0.645. The Balaban J connectivity index is 2.35. The van der Waals surface area contributed by atoms with Crippen molar-refractivity contribution in [1.29, 1.82) is 0 Å². The maximum Gasteiger partial charge on any atom is 0.312 e. The molecule has 1 aromatic carbocycles. The quantitative estimate of drug-likeness (QED) is 0.797. The van der Waals surface area contributed by atoms with E-state index in [9.17, 15) is 14.0 Å². The number of fused-ring (bicyclic) bond motifs is 1. The summed E-state index contributed by atoms with van der Waals surface area (Å²) in [4.78, 5) is 28.0. The molecular weight excluding hydrogens is 275 g/mol. The van der Waals surface area contributed by atoms with Crippen LogP contribution in [0.25, 0.3) is 10.9 Å². The molecule has 0 spiro atoms. The van der Waals surface area contributed by atoms with E-state index in [1.807, 2.05) is 0 Å². The Morgan fingerprint density at radius 1 is 1.38 bits per heavy atom. The van der Waals surface area contributed by atoms with Gasteiger partial charge in [-0.3, -0.25) is 14.2 Å². The van der Waals surface area contributed by atoms with E-state index in [0.29, 0.717) is 10.9 Å². The SMILES string of the molecule is Cc1cc2c(=O)n(COC(=O)C(C)(C)C)cnc2cc1F. The zero-order chi connectivity index (χ0) is 15.8. The number of rotatable bonds is 2. The molecule has 0 aliphatic rings. The summed E-state index contributed by atoms with van der Waals surface area (Å²) in [7, 11) is 0. The highest BCUT2D eigenvalue weighted by Crippen LogP contribution is 2.16. The average Bonchev–Trinajstić information content (AvgIpc) is 2.39. The van der Waals surface area contributed by atoms with Crippen LogP contribution in [0.1, 0.15) is 26.3 Å². The molecule has 0 saturated heterocycles. The van der Waals surface area contributed by atoms with Crippen LogP contribution < -0.4 is 5.56 Å².